The second kappa shape index (κ2) is 12.5. The van der Waals surface area contributed by atoms with Crippen LogP contribution in [0.15, 0.2) is 24.5 Å². The monoisotopic (exact) mass is 583 g/mol. The van der Waals surface area contributed by atoms with E-state index in [4.69, 9.17) is 15.9 Å². The van der Waals surface area contributed by atoms with Gasteiger partial charge in [-0.05, 0) is 49.7 Å². The number of nitrogens with one attached hydrogen (secondary N) is 2. The van der Waals surface area contributed by atoms with Crippen molar-refractivity contribution in [3.8, 4) is 28.7 Å². The van der Waals surface area contributed by atoms with Crippen molar-refractivity contribution in [2.45, 2.75) is 37.6 Å². The van der Waals surface area contributed by atoms with Crippen molar-refractivity contribution >= 4 is 34.4 Å². The number of thioether (sulfide) groups is 1. The molecule has 10 nitrogen and oxygen atoms in total. The average molecular weight is 584 g/mol. The topological polar surface area (TPSA) is 138 Å². The summed E-state index contributed by atoms with van der Waals surface area (Å²) >= 11 is 0.887. The Kier molecular flexibility index (Phi) is 8.82. The van der Waals surface area contributed by atoms with Gasteiger partial charge in [0.2, 0.25) is 5.91 Å². The van der Waals surface area contributed by atoms with E-state index in [2.05, 4.69) is 32.0 Å². The van der Waals surface area contributed by atoms with Crippen molar-refractivity contribution < 1.29 is 23.1 Å². The molecule has 41 heavy (non-hydrogen) atoms. The lowest BCUT2D eigenvalue weighted by atomic mass is 9.99. The zero-order valence-corrected chi connectivity index (χ0v) is 23.3. The standard InChI is InChI=1S/C28H31F2N7O3S/c1-40-22-13-33-21(26(29)30)10-19(22)18-11-24(37-9-8-36(15-25(37)38)14-17-4-5-17)34-12-20(18)27(39)35-28(32)41-23(31)7-6-16-2-3-16/h10-13,16-17,26,28,31H,2-5,8-9,14-15,32H2,1H3,(H,35,39). The van der Waals surface area contributed by atoms with Crippen LogP contribution < -0.4 is 20.7 Å². The van der Waals surface area contributed by atoms with Crippen LogP contribution in [0.1, 0.15) is 48.2 Å². The summed E-state index contributed by atoms with van der Waals surface area (Å²) in [6.45, 7) is 2.23. The van der Waals surface area contributed by atoms with Crippen LogP contribution in [0.25, 0.3) is 11.1 Å². The van der Waals surface area contributed by atoms with Crippen LogP contribution in [0.4, 0.5) is 14.6 Å². The van der Waals surface area contributed by atoms with Gasteiger partial charge in [0, 0.05) is 42.9 Å². The third kappa shape index (κ3) is 7.38. The molecule has 0 spiro atoms. The smallest absolute Gasteiger partial charge is 0.280 e. The van der Waals surface area contributed by atoms with Crippen molar-refractivity contribution in [3.05, 3.63) is 35.8 Å². The number of nitrogens with zero attached hydrogens (tertiary/aromatic N) is 4. The number of carbonyl (C=O) groups is 2. The Balaban J connectivity index is 1.43. The molecule has 2 aromatic rings. The number of piperazine rings is 1. The molecule has 3 fully saturated rings. The molecule has 1 unspecified atom stereocenters. The van der Waals surface area contributed by atoms with E-state index in [1.165, 1.54) is 43.3 Å². The number of hydrogen-bond donors (Lipinski definition) is 3. The van der Waals surface area contributed by atoms with Gasteiger partial charge in [0.05, 0.1) is 25.4 Å². The maximum atomic E-state index is 13.6. The Labute approximate surface area is 240 Å². The Morgan fingerprint density at radius 2 is 2.00 bits per heavy atom. The van der Waals surface area contributed by atoms with Crippen LogP contribution in [0.3, 0.4) is 0 Å². The van der Waals surface area contributed by atoms with E-state index < -0.39 is 23.5 Å². The molecule has 2 aromatic heterocycles. The molecule has 3 heterocycles. The van der Waals surface area contributed by atoms with E-state index in [0.717, 1.165) is 37.2 Å². The zero-order valence-electron chi connectivity index (χ0n) is 22.5. The molecule has 1 saturated heterocycles. The molecule has 5 rings (SSSR count). The first-order valence-corrected chi connectivity index (χ1v) is 14.3. The van der Waals surface area contributed by atoms with Gasteiger partial charge in [0.15, 0.2) is 0 Å². The number of pyridine rings is 2. The summed E-state index contributed by atoms with van der Waals surface area (Å²) in [4.78, 5) is 38.3. The van der Waals surface area contributed by atoms with Gasteiger partial charge in [-0.15, -0.1) is 0 Å². The number of anilines is 1. The molecular weight excluding hydrogens is 552 g/mol. The fourth-order valence-electron chi connectivity index (χ4n) is 4.52. The number of halogens is 2. The summed E-state index contributed by atoms with van der Waals surface area (Å²) in [5.74, 6) is 6.36. The molecule has 4 N–H and O–H groups in total. The number of carbonyl (C=O) groups excluding carboxylic acids is 2. The van der Waals surface area contributed by atoms with Gasteiger partial charge in [0.1, 0.15) is 27.8 Å². The molecule has 2 saturated carbocycles. The van der Waals surface area contributed by atoms with Crippen LogP contribution in [0, 0.1) is 29.1 Å². The van der Waals surface area contributed by atoms with Crippen molar-refractivity contribution in [2.24, 2.45) is 17.6 Å². The van der Waals surface area contributed by atoms with Gasteiger partial charge in [-0.2, -0.15) is 0 Å². The van der Waals surface area contributed by atoms with Gasteiger partial charge in [-0.3, -0.25) is 29.8 Å². The number of methoxy groups -OCH3 is 1. The summed E-state index contributed by atoms with van der Waals surface area (Å²) < 4.78 is 32.6. The maximum Gasteiger partial charge on any atom is 0.280 e. The summed E-state index contributed by atoms with van der Waals surface area (Å²) in [6, 6.07) is 2.69. The van der Waals surface area contributed by atoms with E-state index in [0.29, 0.717) is 30.7 Å². The second-order valence-corrected chi connectivity index (χ2v) is 11.5. The highest BCUT2D eigenvalue weighted by molar-refractivity contribution is 8.14. The molecule has 1 aliphatic heterocycles. The third-order valence-electron chi connectivity index (χ3n) is 7.03. The van der Waals surface area contributed by atoms with E-state index in [1.807, 2.05) is 0 Å². The lowest BCUT2D eigenvalue weighted by molar-refractivity contribution is -0.121. The molecule has 0 aromatic carbocycles. The predicted octanol–water partition coefficient (Wildman–Crippen LogP) is 3.24. The fraction of sp³-hybridized carbons (Fsp3) is 0.464. The molecule has 2 aliphatic carbocycles. The third-order valence-corrected chi connectivity index (χ3v) is 7.74. The molecule has 2 amide bonds. The number of rotatable bonds is 9. The maximum absolute atomic E-state index is 13.6. The Morgan fingerprint density at radius 1 is 1.22 bits per heavy atom. The summed E-state index contributed by atoms with van der Waals surface area (Å²) in [5, 5.41) is 10.6. The normalized spacial score (nSPS) is 18.1. The van der Waals surface area contributed by atoms with Crippen molar-refractivity contribution in [3.63, 3.8) is 0 Å². The summed E-state index contributed by atoms with van der Waals surface area (Å²) in [7, 11) is 1.37. The minimum absolute atomic E-state index is 0.0233. The Hall–Kier alpha value is -3.60. The predicted molar refractivity (Wildman–Crippen MR) is 152 cm³/mol. The van der Waals surface area contributed by atoms with Gasteiger partial charge >= 0.3 is 0 Å². The number of alkyl halides is 2. The van der Waals surface area contributed by atoms with Crippen molar-refractivity contribution in [1.29, 1.82) is 5.41 Å². The summed E-state index contributed by atoms with van der Waals surface area (Å²) in [6.07, 6.45) is 4.03. The average Bonchev–Trinajstić information content (AvgIpc) is 3.88. The van der Waals surface area contributed by atoms with E-state index in [-0.39, 0.29) is 39.9 Å². The highest BCUT2D eigenvalue weighted by atomic mass is 32.2. The zero-order chi connectivity index (χ0) is 29.1. The molecular formula is C28H31F2N7O3S. The van der Waals surface area contributed by atoms with Crippen LogP contribution >= 0.6 is 11.8 Å². The van der Waals surface area contributed by atoms with Gasteiger partial charge in [0.25, 0.3) is 12.3 Å². The van der Waals surface area contributed by atoms with Crippen LogP contribution in [0.2, 0.25) is 0 Å². The highest BCUT2D eigenvalue weighted by Gasteiger charge is 2.31. The van der Waals surface area contributed by atoms with Crippen LogP contribution in [-0.4, -0.2) is 70.5 Å². The fourth-order valence-corrected chi connectivity index (χ4v) is 5.06. The largest absolute Gasteiger partial charge is 0.494 e. The number of amides is 2. The Morgan fingerprint density at radius 3 is 2.66 bits per heavy atom. The van der Waals surface area contributed by atoms with Gasteiger partial charge in [-0.25, -0.2) is 13.8 Å². The SMILES string of the molecule is COc1cnc(C(F)F)cc1-c1cc(N2CCN(CC3CC3)CC2=O)ncc1C(=O)NC(N)SC(=N)C#CC1CC1. The first kappa shape index (κ1) is 28.9. The lowest BCUT2D eigenvalue weighted by Crippen LogP contribution is -2.51. The number of nitrogens with two attached hydrogens (primary N) is 1. The molecule has 216 valence electrons. The van der Waals surface area contributed by atoms with Crippen LogP contribution in [0.5, 0.6) is 5.75 Å². The van der Waals surface area contributed by atoms with Gasteiger partial charge in [-0.1, -0.05) is 17.7 Å². The molecule has 13 heteroatoms. The number of hydrogen-bond acceptors (Lipinski definition) is 9. The molecule has 0 bridgehead atoms. The van der Waals surface area contributed by atoms with E-state index >= 15 is 0 Å². The number of ether oxygens (including phenoxy) is 1. The molecule has 1 atom stereocenters. The Bertz CT molecular complexity index is 1400. The van der Waals surface area contributed by atoms with Gasteiger partial charge < -0.3 is 15.8 Å². The van der Waals surface area contributed by atoms with Crippen LogP contribution in [-0.2, 0) is 4.79 Å². The number of aromatic nitrogens is 2. The first-order chi connectivity index (χ1) is 19.7. The van der Waals surface area contributed by atoms with Crippen molar-refractivity contribution in [2.75, 3.05) is 38.2 Å². The molecule has 0 radical (unpaired) electrons. The minimum atomic E-state index is -2.85. The first-order valence-electron chi connectivity index (χ1n) is 13.4. The lowest BCUT2D eigenvalue weighted by Gasteiger charge is -2.34. The molecule has 3 aliphatic rings. The minimum Gasteiger partial charge on any atom is -0.494 e. The second-order valence-electron chi connectivity index (χ2n) is 10.3. The quantitative estimate of drug-likeness (QED) is 0.177. The van der Waals surface area contributed by atoms with E-state index in [1.54, 1.807) is 0 Å². The summed E-state index contributed by atoms with van der Waals surface area (Å²) in [5.41, 5.74) is 5.03. The highest BCUT2D eigenvalue weighted by Crippen LogP contribution is 2.37. The van der Waals surface area contributed by atoms with E-state index in [9.17, 15) is 18.4 Å². The van der Waals surface area contributed by atoms with Crippen molar-refractivity contribution in [1.82, 2.24) is 20.2 Å².